The number of aliphatic hydroxyl groups excluding tert-OH is 2. The second-order valence-electron chi connectivity index (χ2n) is 38.7. The van der Waals surface area contributed by atoms with Gasteiger partial charge in [0.2, 0.25) is 12.1 Å². The topological polar surface area (TPSA) is 509 Å². The molecule has 710 valence electrons. The van der Waals surface area contributed by atoms with E-state index in [-0.39, 0.29) is 100 Å². The Morgan fingerprint density at radius 3 is 1.12 bits per heavy atom. The highest BCUT2D eigenvalue weighted by Crippen LogP contribution is 2.46. The molecule has 35 nitrogen and oxygen atoms in total. The van der Waals surface area contributed by atoms with Crippen LogP contribution in [0.2, 0.25) is 0 Å². The van der Waals surface area contributed by atoms with Gasteiger partial charge in [0, 0.05) is 50.5 Å². The number of amides is 4. The summed E-state index contributed by atoms with van der Waals surface area (Å²) in [6, 6.07) is 27.7. The normalized spacial score (nSPS) is 15.4. The van der Waals surface area contributed by atoms with Gasteiger partial charge in [0.25, 0.3) is 11.5 Å². The molecule has 0 spiro atoms. The third-order valence-electron chi connectivity index (χ3n) is 18.9. The molecule has 8 rings (SSSR count). The zero-order valence-electron chi connectivity index (χ0n) is 78.5. The Morgan fingerprint density at radius 2 is 0.791 bits per heavy atom. The van der Waals surface area contributed by atoms with Crippen LogP contribution in [0.25, 0.3) is 22.3 Å². The molecule has 5 aromatic rings. The molecule has 0 bridgehead atoms. The second-order valence-corrected chi connectivity index (χ2v) is 38.7. The Hall–Kier alpha value is -11.8. The number of aliphatic carboxylic acids is 2. The van der Waals surface area contributed by atoms with Crippen LogP contribution in [-0.2, 0) is 90.6 Å². The maximum absolute atomic E-state index is 13.7. The fraction of sp³-hybridized carbons (Fsp3) is 0.564. The number of ether oxygens (including phenoxy) is 9. The zero-order valence-corrected chi connectivity index (χ0v) is 78.5. The van der Waals surface area contributed by atoms with Gasteiger partial charge in [0.1, 0.15) is 59.0 Å². The van der Waals surface area contributed by atoms with Crippen molar-refractivity contribution in [1.82, 2.24) is 25.9 Å². The predicted octanol–water partition coefficient (Wildman–Crippen LogP) is 12.5. The number of aliphatic hydroxyl groups is 2. The molecule has 4 aromatic carbocycles. The summed E-state index contributed by atoms with van der Waals surface area (Å²) in [5.41, 5.74) is 8.04. The summed E-state index contributed by atoms with van der Waals surface area (Å²) in [5.74, 6) is -8.86. The first-order valence-corrected chi connectivity index (χ1v) is 42.8. The van der Waals surface area contributed by atoms with Crippen molar-refractivity contribution in [3.8, 4) is 22.3 Å². The van der Waals surface area contributed by atoms with Crippen LogP contribution in [-0.4, -0.2) is 209 Å². The summed E-state index contributed by atoms with van der Waals surface area (Å²) >= 11 is 0. The summed E-state index contributed by atoms with van der Waals surface area (Å²) < 4.78 is 48.4. The Balaban J connectivity index is 0.000000308. The van der Waals surface area contributed by atoms with E-state index in [9.17, 15) is 82.4 Å². The lowest BCUT2D eigenvalue weighted by atomic mass is 9.97. The van der Waals surface area contributed by atoms with Crippen LogP contribution < -0.4 is 37.5 Å². The molecule has 2 aliphatic carbocycles. The summed E-state index contributed by atoms with van der Waals surface area (Å²) in [6.45, 7) is 40.2. The van der Waals surface area contributed by atoms with Gasteiger partial charge in [-0.05, 0) is 216 Å². The number of hydrogen-bond acceptors (Lipinski definition) is 28. The lowest BCUT2D eigenvalue weighted by Gasteiger charge is -2.41. The van der Waals surface area contributed by atoms with Crippen molar-refractivity contribution in [3.63, 3.8) is 0 Å². The molecule has 0 saturated carbocycles. The van der Waals surface area contributed by atoms with Crippen molar-refractivity contribution in [2.24, 2.45) is 11.8 Å². The van der Waals surface area contributed by atoms with E-state index in [2.05, 4.69) is 55.5 Å². The van der Waals surface area contributed by atoms with Gasteiger partial charge in [0.15, 0.2) is 23.1 Å². The zero-order chi connectivity index (χ0) is 97.6. The number of benzene rings is 4. The molecular formula is C94H132N8O27. The van der Waals surface area contributed by atoms with Crippen LogP contribution in [0.15, 0.2) is 102 Å². The number of H-pyrrole nitrogens is 1. The van der Waals surface area contributed by atoms with Crippen LogP contribution >= 0.6 is 0 Å². The molecule has 0 radical (unpaired) electrons. The average molecular weight is 1810 g/mol. The fourth-order valence-electron chi connectivity index (χ4n) is 13.5. The summed E-state index contributed by atoms with van der Waals surface area (Å²) in [4.78, 5) is 180. The van der Waals surface area contributed by atoms with Gasteiger partial charge in [0.05, 0.1) is 41.7 Å². The number of alkyl carbamates (subject to hydrolysis) is 3. The van der Waals surface area contributed by atoms with Crippen molar-refractivity contribution in [2.45, 2.75) is 311 Å². The number of nitrogens with zero attached hydrogens (tertiary/aromatic N) is 2. The highest BCUT2D eigenvalue weighted by molar-refractivity contribution is 6.10. The number of aromatic nitrogens is 2. The molecule has 1 aliphatic heterocycles. The lowest BCUT2D eigenvalue weighted by molar-refractivity contribution is -0.180. The quantitative estimate of drug-likeness (QED) is 0.0116. The largest absolute Gasteiger partial charge is 0.481 e. The molecular weight excluding hydrogens is 1670 g/mol. The van der Waals surface area contributed by atoms with Crippen molar-refractivity contribution < 1.29 is 125 Å². The van der Waals surface area contributed by atoms with Gasteiger partial charge in [-0.25, -0.2) is 24.0 Å². The van der Waals surface area contributed by atoms with Crippen LogP contribution in [0.1, 0.15) is 252 Å². The highest BCUT2D eigenvalue weighted by atomic mass is 16.6. The van der Waals surface area contributed by atoms with E-state index >= 15 is 0 Å². The van der Waals surface area contributed by atoms with Gasteiger partial charge in [-0.15, -0.1) is 0 Å². The van der Waals surface area contributed by atoms with E-state index in [1.54, 1.807) is 159 Å². The maximum atomic E-state index is 13.7. The third kappa shape index (κ3) is 36.0. The molecule has 0 fully saturated rings. The van der Waals surface area contributed by atoms with E-state index in [1.807, 2.05) is 72.8 Å². The van der Waals surface area contributed by atoms with E-state index in [0.717, 1.165) is 49.4 Å². The van der Waals surface area contributed by atoms with Crippen LogP contribution in [0.5, 0.6) is 0 Å². The summed E-state index contributed by atoms with van der Waals surface area (Å²) in [7, 11) is 0. The van der Waals surface area contributed by atoms with Gasteiger partial charge in [-0.3, -0.25) is 53.0 Å². The first kappa shape index (κ1) is 108. The van der Waals surface area contributed by atoms with Crippen LogP contribution in [0.4, 0.5) is 31.8 Å². The minimum absolute atomic E-state index is 0.00709. The third-order valence-corrected chi connectivity index (χ3v) is 18.9. The molecule has 1 aromatic heterocycles. The smallest absolute Gasteiger partial charge is 0.408 e. The van der Waals surface area contributed by atoms with E-state index in [4.69, 9.17) is 53.5 Å². The molecule has 35 heteroatoms. The molecule has 9 atom stereocenters. The first-order valence-electron chi connectivity index (χ1n) is 42.8. The van der Waals surface area contributed by atoms with Crippen molar-refractivity contribution in [2.75, 3.05) is 35.7 Å². The number of carboxylic acid groups (broad SMARTS) is 2. The molecule has 11 N–H and O–H groups in total. The molecule has 4 amide bonds. The molecule has 129 heavy (non-hydrogen) atoms. The SMILES string of the molecule is CC(C)(C)OC(=O)N[C@H](CCC(=O)OCC1c2ccccc2-c2ccccc21)C(=O)O.C[C@H](CC(=O)[C@@H](CCC(=O)O)NC(=O)OC(C)(C)C)C(=O)OC(C)(C)C.C[C@H](CC(=O)[C@@H](CCC(=O)OCC1c2ccccc2-c2ccccc21)NC(=O)OC(C)(C)C)C(=O)OC(C)(C)C.C[C@H](O)[C@H](O)[C@H]1CNc2nc(N)[nH]c(=O)c2N1C(=O)C(OC(C)(C)C)C(=O)OC(C)(C)C. The number of nitrogen functional groups attached to an aromatic ring is 1. The summed E-state index contributed by atoms with van der Waals surface area (Å²) in [5, 5.41) is 48.8. The molecule has 3 aliphatic rings. The maximum Gasteiger partial charge on any atom is 0.408 e. The van der Waals surface area contributed by atoms with Gasteiger partial charge >= 0.3 is 60.1 Å². The number of esters is 5. The molecule has 0 saturated heterocycles. The lowest BCUT2D eigenvalue weighted by Crippen LogP contribution is -2.62. The number of carboxylic acids is 2. The van der Waals surface area contributed by atoms with Crippen molar-refractivity contribution in [1.29, 1.82) is 0 Å². The number of Topliss-reactive ketones (excluding diaryl/α,β-unsaturated/α-hetero) is 2. The van der Waals surface area contributed by atoms with E-state index in [1.165, 1.54) is 6.92 Å². The highest BCUT2D eigenvalue weighted by Gasteiger charge is 2.47. The fourth-order valence-corrected chi connectivity index (χ4v) is 13.5. The second kappa shape index (κ2) is 45.9. The number of fused-ring (bicyclic) bond motifs is 7. The number of nitrogens with two attached hydrogens (primary N) is 1. The van der Waals surface area contributed by atoms with Crippen LogP contribution in [0, 0.1) is 11.8 Å². The van der Waals surface area contributed by atoms with Gasteiger partial charge < -0.3 is 90.1 Å². The number of nitrogens with one attached hydrogen (secondary N) is 5. The Morgan fingerprint density at radius 1 is 0.465 bits per heavy atom. The minimum atomic E-state index is -1.75. The molecule has 1 unspecified atom stereocenters. The van der Waals surface area contributed by atoms with Crippen LogP contribution in [0.3, 0.4) is 0 Å². The van der Waals surface area contributed by atoms with Crippen molar-refractivity contribution in [3.05, 3.63) is 130 Å². The Bertz CT molecular complexity index is 4750. The van der Waals surface area contributed by atoms with Gasteiger partial charge in [-0.2, -0.15) is 4.98 Å². The Kier molecular flexibility index (Phi) is 38.3. The van der Waals surface area contributed by atoms with E-state index < -0.39 is 177 Å². The number of anilines is 3. The first-order chi connectivity index (χ1) is 59.4. The number of ketones is 2. The number of hydrogen-bond donors (Lipinski definition) is 10. The van der Waals surface area contributed by atoms with Crippen molar-refractivity contribution >= 4 is 95.0 Å². The summed E-state index contributed by atoms with van der Waals surface area (Å²) in [6.07, 6.45) is -7.90. The average Bonchev–Trinajstić information content (AvgIpc) is 1.45. The monoisotopic (exact) mass is 1800 g/mol. The number of carbonyl (C=O) groups is 13. The standard InChI is InChI=1S/C32H41NO7.C24H27NO6.C20H33N5O7.C18H31NO7/c1-20(29(36)39-31(2,3)4)18-27(34)26(33-30(37)40-32(5,6)7)16-17-28(35)38-19-25-23-14-10-8-12-21(23)22-13-9-11-15-24(22)25;1-24(2,3)31-23(29)25-20(22(27)28)12-13-21(26)30-14-19-17-10-6-4-8-15(17)16-9-5-7-11-18(16)19;1-9(26)12(27)10-8-22-14-11(15(28)24-18(21)23-14)25(10)16(29)13(31-19(2,3)4)17(30)32-20(5,6)7;1-11(15(23)25-17(2,3)4)10-13(20)12(8-9-14(21)22)19-16(24)26-18(5,6)7/h8-15,20,25-26H,16-19H2,1-7H3,(H,33,37);4-11,19-20H,12-14H2,1-3H3,(H,25,29)(H,27,28);9-10,12-13,26-27H,8H2,1-7H3,(H4,21,22,23,24,28);11-12H,8-10H2,1-7H3,(H,19,24)(H,21,22)/t20-,26-;20-;9-,10+,12-,13?;11-,12-/m1101/s1. The number of carbonyl (C=O) groups excluding carboxylic acids is 11. The number of rotatable bonds is 30. The molecule has 2 heterocycles. The van der Waals surface area contributed by atoms with E-state index in [0.29, 0.717) is 0 Å². The Labute approximate surface area is 753 Å². The minimum Gasteiger partial charge on any atom is -0.481 e. The van der Waals surface area contributed by atoms with Gasteiger partial charge in [-0.1, -0.05) is 111 Å². The number of aromatic amines is 1. The predicted molar refractivity (Wildman–Crippen MR) is 478 cm³/mol.